The van der Waals surface area contributed by atoms with Crippen molar-refractivity contribution < 1.29 is 22.7 Å². The van der Waals surface area contributed by atoms with E-state index in [4.69, 9.17) is 4.74 Å². The van der Waals surface area contributed by atoms with Gasteiger partial charge in [0, 0.05) is 17.1 Å². The summed E-state index contributed by atoms with van der Waals surface area (Å²) in [6.45, 7) is 1.91. The van der Waals surface area contributed by atoms with E-state index in [2.05, 4.69) is 15.2 Å². The van der Waals surface area contributed by atoms with E-state index >= 15 is 0 Å². The minimum atomic E-state index is -3.97. The molecule has 0 atom stereocenters. The number of aromatic amines is 1. The molecule has 0 aliphatic rings. The molecule has 9 heteroatoms. The summed E-state index contributed by atoms with van der Waals surface area (Å²) in [7, 11) is -3.97. The van der Waals surface area contributed by atoms with Crippen LogP contribution in [-0.4, -0.2) is 31.9 Å². The lowest BCUT2D eigenvalue weighted by atomic mass is 10.1. The number of benzene rings is 2. The maximum atomic E-state index is 12.3. The van der Waals surface area contributed by atoms with Gasteiger partial charge in [0.1, 0.15) is 0 Å². The largest absolute Gasteiger partial charge is 0.462 e. The molecule has 2 aromatic carbocycles. The van der Waals surface area contributed by atoms with E-state index in [0.717, 1.165) is 16.5 Å². The lowest BCUT2D eigenvalue weighted by Gasteiger charge is -2.09. The molecule has 3 N–H and O–H groups in total. The summed E-state index contributed by atoms with van der Waals surface area (Å²) in [6, 6.07) is 12.7. The van der Waals surface area contributed by atoms with Gasteiger partial charge in [0.05, 0.1) is 23.5 Å². The van der Waals surface area contributed by atoms with E-state index < -0.39 is 21.9 Å². The van der Waals surface area contributed by atoms with Gasteiger partial charge in [-0.1, -0.05) is 18.2 Å². The summed E-state index contributed by atoms with van der Waals surface area (Å²) in [5.74, 6) is -1.04. The van der Waals surface area contributed by atoms with Crippen molar-refractivity contribution in [2.45, 2.75) is 18.2 Å². The zero-order valence-corrected chi connectivity index (χ0v) is 15.9. The Balaban J connectivity index is 1.62. The third-order valence-electron chi connectivity index (χ3n) is 4.03. The monoisotopic (exact) mass is 401 g/mol. The average Bonchev–Trinajstić information content (AvgIpc) is 3.10. The number of amides is 1. The van der Waals surface area contributed by atoms with Crippen molar-refractivity contribution in [3.8, 4) is 0 Å². The highest BCUT2D eigenvalue weighted by molar-refractivity contribution is 7.89. The Hall–Kier alpha value is -3.17. The number of aromatic nitrogens is 1. The number of H-pyrrole nitrogens is 1. The Morgan fingerprint density at radius 2 is 1.79 bits per heavy atom. The predicted molar refractivity (Wildman–Crippen MR) is 103 cm³/mol. The first kappa shape index (κ1) is 19.6. The summed E-state index contributed by atoms with van der Waals surface area (Å²) in [6.07, 6.45) is 1.72. The number of para-hydroxylation sites is 1. The average molecular weight is 401 g/mol. The first-order valence-corrected chi connectivity index (χ1v) is 10.0. The number of nitrogens with one attached hydrogen (secondary N) is 3. The highest BCUT2D eigenvalue weighted by Gasteiger charge is 2.17. The fraction of sp³-hybridized carbons (Fsp3) is 0.158. The van der Waals surface area contributed by atoms with E-state index in [1.165, 1.54) is 24.3 Å². The zero-order valence-electron chi connectivity index (χ0n) is 15.1. The fourth-order valence-electron chi connectivity index (χ4n) is 2.66. The molecule has 28 heavy (non-hydrogen) atoms. The van der Waals surface area contributed by atoms with Crippen molar-refractivity contribution in [1.82, 2.24) is 15.2 Å². The Kier molecular flexibility index (Phi) is 5.76. The van der Waals surface area contributed by atoms with E-state index in [0.29, 0.717) is 0 Å². The molecule has 8 nitrogen and oxygen atoms in total. The van der Waals surface area contributed by atoms with Gasteiger partial charge in [-0.2, -0.15) is 0 Å². The van der Waals surface area contributed by atoms with Gasteiger partial charge in [0.2, 0.25) is 5.91 Å². The highest BCUT2D eigenvalue weighted by Crippen LogP contribution is 2.18. The number of ether oxygens (including phenoxy) is 1. The molecule has 0 aliphatic carbocycles. The molecule has 0 fully saturated rings. The SMILES string of the molecule is CCOC(=O)c1ccc(S(=O)(=O)NNC(=O)Cc2c[nH]c3ccccc23)cc1. The number of rotatable bonds is 7. The summed E-state index contributed by atoms with van der Waals surface area (Å²) < 4.78 is 29.5. The molecule has 1 aromatic heterocycles. The molecule has 3 aromatic rings. The molecule has 0 bridgehead atoms. The van der Waals surface area contributed by atoms with Crippen LogP contribution in [0.1, 0.15) is 22.8 Å². The molecule has 0 unspecified atom stereocenters. The molecule has 1 heterocycles. The first-order valence-electron chi connectivity index (χ1n) is 8.53. The molecular formula is C19H19N3O5S. The van der Waals surface area contributed by atoms with Gasteiger partial charge in [-0.15, -0.1) is 4.83 Å². The standard InChI is InChI=1S/C19H19N3O5S/c1-2-27-19(24)13-7-9-15(10-8-13)28(25,26)22-21-18(23)11-14-12-20-17-6-4-3-5-16(14)17/h3-10,12,20,22H,2,11H2,1H3,(H,21,23). The summed E-state index contributed by atoms with van der Waals surface area (Å²) in [4.78, 5) is 28.8. The molecule has 3 rings (SSSR count). The maximum absolute atomic E-state index is 12.3. The van der Waals surface area contributed by atoms with Crippen molar-refractivity contribution in [3.05, 3.63) is 65.9 Å². The van der Waals surface area contributed by atoms with E-state index in [9.17, 15) is 18.0 Å². The van der Waals surface area contributed by atoms with Gasteiger partial charge < -0.3 is 9.72 Å². The van der Waals surface area contributed by atoms with Gasteiger partial charge in [-0.05, 0) is 42.8 Å². The zero-order chi connectivity index (χ0) is 20.1. The normalized spacial score (nSPS) is 11.3. The number of carbonyl (C=O) groups is 2. The van der Waals surface area contributed by atoms with Gasteiger partial charge in [0.25, 0.3) is 10.0 Å². The van der Waals surface area contributed by atoms with Gasteiger partial charge in [-0.25, -0.2) is 13.2 Å². The Bertz CT molecular complexity index is 1100. The Morgan fingerprint density at radius 1 is 1.07 bits per heavy atom. The van der Waals surface area contributed by atoms with Crippen LogP contribution in [0.4, 0.5) is 0 Å². The van der Waals surface area contributed by atoms with Crippen LogP contribution in [0, 0.1) is 0 Å². The number of sulfonamides is 1. The Labute approximate surface area is 161 Å². The smallest absolute Gasteiger partial charge is 0.338 e. The molecule has 0 aliphatic heterocycles. The number of hydrogen-bond acceptors (Lipinski definition) is 5. The number of hydrogen-bond donors (Lipinski definition) is 3. The van der Waals surface area contributed by atoms with Crippen molar-refractivity contribution in [3.63, 3.8) is 0 Å². The van der Waals surface area contributed by atoms with Crippen LogP contribution in [0.25, 0.3) is 10.9 Å². The number of fused-ring (bicyclic) bond motifs is 1. The fourth-order valence-corrected chi connectivity index (χ4v) is 3.52. The minimum Gasteiger partial charge on any atom is -0.462 e. The highest BCUT2D eigenvalue weighted by atomic mass is 32.2. The van der Waals surface area contributed by atoms with Crippen LogP contribution >= 0.6 is 0 Å². The van der Waals surface area contributed by atoms with Crippen LogP contribution in [-0.2, 0) is 26.0 Å². The first-order chi connectivity index (χ1) is 13.4. The molecule has 0 saturated heterocycles. The van der Waals surface area contributed by atoms with Crippen molar-refractivity contribution in [2.75, 3.05) is 6.61 Å². The van der Waals surface area contributed by atoms with Crippen LogP contribution in [0.2, 0.25) is 0 Å². The number of hydrazine groups is 1. The lowest BCUT2D eigenvalue weighted by molar-refractivity contribution is -0.120. The van der Waals surface area contributed by atoms with Gasteiger partial charge in [0.15, 0.2) is 0 Å². The minimum absolute atomic E-state index is 0.00826. The predicted octanol–water partition coefficient (Wildman–Crippen LogP) is 1.90. The molecular weight excluding hydrogens is 382 g/mol. The van der Waals surface area contributed by atoms with Crippen LogP contribution < -0.4 is 10.3 Å². The second-order valence-electron chi connectivity index (χ2n) is 5.93. The lowest BCUT2D eigenvalue weighted by Crippen LogP contribution is -2.42. The quantitative estimate of drug-likeness (QED) is 0.413. The van der Waals surface area contributed by atoms with Crippen molar-refractivity contribution >= 4 is 32.8 Å². The number of esters is 1. The van der Waals surface area contributed by atoms with Gasteiger partial charge in [-0.3, -0.25) is 10.2 Å². The third kappa shape index (κ3) is 4.38. The second kappa shape index (κ2) is 8.24. The maximum Gasteiger partial charge on any atom is 0.338 e. The van der Waals surface area contributed by atoms with E-state index in [-0.39, 0.29) is 23.5 Å². The number of carbonyl (C=O) groups excluding carboxylic acids is 2. The molecule has 0 saturated carbocycles. The van der Waals surface area contributed by atoms with Crippen molar-refractivity contribution in [2.24, 2.45) is 0 Å². The summed E-state index contributed by atoms with van der Waals surface area (Å²) >= 11 is 0. The second-order valence-corrected chi connectivity index (χ2v) is 7.62. The van der Waals surface area contributed by atoms with Crippen LogP contribution in [0.5, 0.6) is 0 Å². The molecule has 0 spiro atoms. The summed E-state index contributed by atoms with van der Waals surface area (Å²) in [5.41, 5.74) is 4.09. The molecule has 1 amide bonds. The topological polar surface area (TPSA) is 117 Å². The molecule has 0 radical (unpaired) electrons. The third-order valence-corrected chi connectivity index (χ3v) is 5.29. The van der Waals surface area contributed by atoms with Gasteiger partial charge >= 0.3 is 5.97 Å². The summed E-state index contributed by atoms with van der Waals surface area (Å²) in [5, 5.41) is 0.898. The molecule has 146 valence electrons. The van der Waals surface area contributed by atoms with E-state index in [1.54, 1.807) is 13.1 Å². The van der Waals surface area contributed by atoms with Crippen LogP contribution in [0.3, 0.4) is 0 Å². The Morgan fingerprint density at radius 3 is 2.50 bits per heavy atom. The van der Waals surface area contributed by atoms with Crippen molar-refractivity contribution in [1.29, 1.82) is 0 Å². The van der Waals surface area contributed by atoms with Crippen LogP contribution in [0.15, 0.2) is 59.6 Å². The van der Waals surface area contributed by atoms with E-state index in [1.807, 2.05) is 24.3 Å².